The molecule has 2 N–H and O–H groups in total. The molecule has 1 amide bonds. The number of rotatable bonds is 11. The van der Waals surface area contributed by atoms with Gasteiger partial charge in [0.15, 0.2) is 0 Å². The third-order valence-corrected chi connectivity index (χ3v) is 5.06. The van der Waals surface area contributed by atoms with Crippen LogP contribution in [0.1, 0.15) is 44.1 Å². The Kier molecular flexibility index (Phi) is 9.50. The Hall–Kier alpha value is -2.54. The molecule has 1 aromatic carbocycles. The van der Waals surface area contributed by atoms with E-state index in [0.717, 1.165) is 37.0 Å². The lowest BCUT2D eigenvalue weighted by Gasteiger charge is -2.34. The van der Waals surface area contributed by atoms with E-state index in [1.165, 1.54) is 0 Å². The minimum atomic E-state index is -1.26. The molecule has 7 heteroatoms. The van der Waals surface area contributed by atoms with Crippen LogP contribution in [0.25, 0.3) is 0 Å². The molecule has 1 saturated heterocycles. The number of carbonyl (C=O) groups is 2. The van der Waals surface area contributed by atoms with Gasteiger partial charge in [0.25, 0.3) is 0 Å². The molecule has 0 aromatic heterocycles. The summed E-state index contributed by atoms with van der Waals surface area (Å²) in [6, 6.07) is 7.59. The van der Waals surface area contributed by atoms with Gasteiger partial charge in [-0.3, -0.25) is 4.79 Å². The van der Waals surface area contributed by atoms with E-state index >= 15 is 0 Å². The van der Waals surface area contributed by atoms with Crippen molar-refractivity contribution in [1.82, 2.24) is 4.90 Å². The highest BCUT2D eigenvalue weighted by Crippen LogP contribution is 2.22. The van der Waals surface area contributed by atoms with Crippen LogP contribution in [0.5, 0.6) is 5.75 Å². The first-order valence-electron chi connectivity index (χ1n) is 10.1. The van der Waals surface area contributed by atoms with Crippen LogP contribution in [0.4, 0.5) is 4.79 Å². The molecule has 1 aliphatic heterocycles. The zero-order valence-electron chi connectivity index (χ0n) is 17.0. The Morgan fingerprint density at radius 3 is 2.86 bits per heavy atom. The maximum absolute atomic E-state index is 12.3. The van der Waals surface area contributed by atoms with Gasteiger partial charge in [-0.2, -0.15) is 0 Å². The monoisotopic (exact) mass is 405 g/mol. The van der Waals surface area contributed by atoms with Gasteiger partial charge in [0.05, 0.1) is 25.9 Å². The van der Waals surface area contributed by atoms with Gasteiger partial charge in [-0.05, 0) is 43.7 Å². The average Bonchev–Trinajstić information content (AvgIpc) is 2.70. The fourth-order valence-corrected chi connectivity index (χ4v) is 3.58. The highest BCUT2D eigenvalue weighted by Gasteiger charge is 2.25. The Bertz CT molecular complexity index is 690. The lowest BCUT2D eigenvalue weighted by Crippen LogP contribution is -2.43. The number of ether oxygens (including phenoxy) is 2. The molecule has 29 heavy (non-hydrogen) atoms. The van der Waals surface area contributed by atoms with Crippen molar-refractivity contribution in [2.75, 3.05) is 20.3 Å². The van der Waals surface area contributed by atoms with Crippen LogP contribution in [0.2, 0.25) is 0 Å². The van der Waals surface area contributed by atoms with Crippen LogP contribution in [-0.2, 0) is 16.0 Å². The van der Waals surface area contributed by atoms with E-state index in [9.17, 15) is 14.7 Å². The molecule has 160 valence electrons. The summed E-state index contributed by atoms with van der Waals surface area (Å²) in [4.78, 5) is 24.5. The fraction of sp³-hybridized carbons (Fsp3) is 0.545. The number of aliphatic hydroxyl groups excluding tert-OH is 1. The number of nitrogens with zero attached hydrogens (tertiary/aromatic N) is 1. The Labute approximate surface area is 171 Å². The molecule has 1 heterocycles. The van der Waals surface area contributed by atoms with Crippen molar-refractivity contribution in [2.24, 2.45) is 0 Å². The number of amides is 1. The van der Waals surface area contributed by atoms with Crippen molar-refractivity contribution in [1.29, 1.82) is 0 Å². The van der Waals surface area contributed by atoms with Crippen LogP contribution < -0.4 is 4.74 Å². The normalized spacial score (nSPS) is 18.1. The highest BCUT2D eigenvalue weighted by molar-refractivity contribution is 5.77. The summed E-state index contributed by atoms with van der Waals surface area (Å²) in [5.41, 5.74) is 0.937. The molecular weight excluding hydrogens is 374 g/mol. The number of hydrogen-bond acceptors (Lipinski definition) is 5. The van der Waals surface area contributed by atoms with Gasteiger partial charge in [-0.15, -0.1) is 0 Å². The van der Waals surface area contributed by atoms with Crippen LogP contribution in [0.3, 0.4) is 0 Å². The molecule has 1 aliphatic rings. The standard InChI is InChI=1S/C22H31NO6/c1-28-20-10-4-3-8-17(20)16-19(24)13-12-18-9-7-11-21(25)23(18)14-5-2-6-15-29-22(26)27/h3-4,8,10,12-13,18-19,24H,2,5-7,9,11,14-16H2,1H3,(H,26,27). The number of carboxylic acid groups (broad SMARTS) is 1. The molecule has 2 rings (SSSR count). The van der Waals surface area contributed by atoms with E-state index in [4.69, 9.17) is 9.84 Å². The number of benzene rings is 1. The van der Waals surface area contributed by atoms with Gasteiger partial charge in [0.1, 0.15) is 5.75 Å². The highest BCUT2D eigenvalue weighted by atomic mass is 16.7. The smallest absolute Gasteiger partial charge is 0.496 e. The zero-order valence-corrected chi connectivity index (χ0v) is 17.0. The largest absolute Gasteiger partial charge is 0.505 e. The lowest BCUT2D eigenvalue weighted by atomic mass is 9.99. The van der Waals surface area contributed by atoms with Crippen molar-refractivity contribution in [2.45, 2.75) is 57.1 Å². The average molecular weight is 405 g/mol. The summed E-state index contributed by atoms with van der Waals surface area (Å²) < 4.78 is 9.82. The number of para-hydroxylation sites is 1. The van der Waals surface area contributed by atoms with Gasteiger partial charge in [-0.1, -0.05) is 30.4 Å². The number of carbonyl (C=O) groups excluding carboxylic acids is 1. The second-order valence-corrected chi connectivity index (χ2v) is 7.19. The minimum Gasteiger partial charge on any atom is -0.496 e. The Morgan fingerprint density at radius 1 is 1.31 bits per heavy atom. The first-order valence-corrected chi connectivity index (χ1v) is 10.1. The number of piperidine rings is 1. The van der Waals surface area contributed by atoms with Crippen molar-refractivity contribution >= 4 is 12.1 Å². The number of aliphatic hydroxyl groups is 1. The minimum absolute atomic E-state index is 0.0150. The van der Waals surface area contributed by atoms with E-state index in [1.54, 1.807) is 13.2 Å². The van der Waals surface area contributed by atoms with E-state index in [1.807, 2.05) is 35.2 Å². The van der Waals surface area contributed by atoms with Crippen molar-refractivity contribution < 1.29 is 29.3 Å². The molecule has 1 fully saturated rings. The van der Waals surface area contributed by atoms with Crippen LogP contribution in [0.15, 0.2) is 36.4 Å². The molecule has 7 nitrogen and oxygen atoms in total. The topological polar surface area (TPSA) is 96.3 Å². The van der Waals surface area contributed by atoms with E-state index in [0.29, 0.717) is 25.8 Å². The quantitative estimate of drug-likeness (QED) is 0.333. The molecule has 0 aliphatic carbocycles. The van der Waals surface area contributed by atoms with Crippen LogP contribution >= 0.6 is 0 Å². The molecule has 2 unspecified atom stereocenters. The van der Waals surface area contributed by atoms with Crippen molar-refractivity contribution in [3.05, 3.63) is 42.0 Å². The second kappa shape index (κ2) is 12.1. The maximum Gasteiger partial charge on any atom is 0.505 e. The second-order valence-electron chi connectivity index (χ2n) is 7.19. The number of methoxy groups -OCH3 is 1. The Balaban J connectivity index is 1.85. The maximum atomic E-state index is 12.3. The fourth-order valence-electron chi connectivity index (χ4n) is 3.58. The first-order chi connectivity index (χ1) is 14.0. The molecule has 2 atom stereocenters. The van der Waals surface area contributed by atoms with E-state index < -0.39 is 12.3 Å². The van der Waals surface area contributed by atoms with Gasteiger partial charge in [-0.25, -0.2) is 4.79 Å². The van der Waals surface area contributed by atoms with Crippen molar-refractivity contribution in [3.63, 3.8) is 0 Å². The van der Waals surface area contributed by atoms with Crippen LogP contribution in [0, 0.1) is 0 Å². The molecule has 0 radical (unpaired) electrons. The predicted molar refractivity (Wildman–Crippen MR) is 109 cm³/mol. The molecular formula is C22H31NO6. The summed E-state index contributed by atoms with van der Waals surface area (Å²) >= 11 is 0. The molecule has 1 aromatic rings. The number of unbranched alkanes of at least 4 members (excludes halogenated alkanes) is 2. The summed E-state index contributed by atoms with van der Waals surface area (Å²) in [7, 11) is 1.61. The first kappa shape index (κ1) is 22.7. The summed E-state index contributed by atoms with van der Waals surface area (Å²) in [5.74, 6) is 0.883. The molecule has 0 saturated carbocycles. The van der Waals surface area contributed by atoms with Gasteiger partial charge < -0.3 is 24.6 Å². The van der Waals surface area contributed by atoms with E-state index in [-0.39, 0.29) is 18.6 Å². The molecule has 0 bridgehead atoms. The SMILES string of the molecule is COc1ccccc1CC(O)C=CC1CCCC(=O)N1CCCCCOC(=O)O. The number of hydrogen-bond donors (Lipinski definition) is 2. The summed E-state index contributed by atoms with van der Waals surface area (Å²) in [6.45, 7) is 0.811. The van der Waals surface area contributed by atoms with Gasteiger partial charge in [0, 0.05) is 19.4 Å². The summed E-state index contributed by atoms with van der Waals surface area (Å²) in [5, 5.41) is 18.9. The third-order valence-electron chi connectivity index (χ3n) is 5.06. The molecule has 0 spiro atoms. The number of likely N-dealkylation sites (tertiary alicyclic amines) is 1. The van der Waals surface area contributed by atoms with Crippen molar-refractivity contribution in [3.8, 4) is 5.75 Å². The predicted octanol–water partition coefficient (Wildman–Crippen LogP) is 3.40. The van der Waals surface area contributed by atoms with E-state index in [2.05, 4.69) is 4.74 Å². The van der Waals surface area contributed by atoms with Gasteiger partial charge >= 0.3 is 6.16 Å². The summed E-state index contributed by atoms with van der Waals surface area (Å²) in [6.07, 6.45) is 6.76. The van der Waals surface area contributed by atoms with Gasteiger partial charge in [0.2, 0.25) is 5.91 Å². The van der Waals surface area contributed by atoms with Crippen LogP contribution in [-0.4, -0.2) is 59.6 Å². The zero-order chi connectivity index (χ0) is 21.1. The third kappa shape index (κ3) is 7.77. The Morgan fingerprint density at radius 2 is 2.10 bits per heavy atom. The lowest BCUT2D eigenvalue weighted by molar-refractivity contribution is -0.135.